The van der Waals surface area contributed by atoms with E-state index < -0.39 is 35.7 Å². The molecule has 1 fully saturated rings. The number of alkyl carbamates (subject to hydrolysis) is 1. The Morgan fingerprint density at radius 3 is 2.72 bits per heavy atom. The van der Waals surface area contributed by atoms with Gasteiger partial charge < -0.3 is 25.0 Å². The van der Waals surface area contributed by atoms with Crippen LogP contribution >= 0.6 is 0 Å². The summed E-state index contributed by atoms with van der Waals surface area (Å²) in [6, 6.07) is 5.88. The quantitative estimate of drug-likeness (QED) is 0.713. The molecule has 0 unspecified atom stereocenters. The molecule has 1 aliphatic heterocycles. The Kier molecular flexibility index (Phi) is 5.81. The summed E-state index contributed by atoms with van der Waals surface area (Å²) in [4.78, 5) is 41.6. The fourth-order valence-electron chi connectivity index (χ4n) is 3.66. The van der Waals surface area contributed by atoms with Crippen LogP contribution in [-0.4, -0.2) is 57.2 Å². The van der Waals surface area contributed by atoms with Crippen LogP contribution in [0.15, 0.2) is 30.5 Å². The van der Waals surface area contributed by atoms with Gasteiger partial charge in [0.05, 0.1) is 0 Å². The molecule has 0 radical (unpaired) electrons. The van der Waals surface area contributed by atoms with Crippen molar-refractivity contribution in [2.75, 3.05) is 6.54 Å². The van der Waals surface area contributed by atoms with E-state index >= 15 is 0 Å². The minimum atomic E-state index is -1.03. The third-order valence-corrected chi connectivity index (χ3v) is 4.91. The zero-order chi connectivity index (χ0) is 21.2. The number of fused-ring (bicyclic) bond motifs is 1. The number of nitrogens with zero attached hydrogens (tertiary/aromatic N) is 1. The summed E-state index contributed by atoms with van der Waals surface area (Å²) >= 11 is 0. The number of carbonyl (C=O) groups excluding carboxylic acids is 2. The van der Waals surface area contributed by atoms with Crippen molar-refractivity contribution in [1.82, 2.24) is 15.2 Å². The molecule has 3 N–H and O–H groups in total. The molecule has 1 saturated heterocycles. The molecule has 8 nitrogen and oxygen atoms in total. The van der Waals surface area contributed by atoms with E-state index in [1.54, 1.807) is 27.0 Å². The van der Waals surface area contributed by atoms with Crippen molar-refractivity contribution in [2.45, 2.75) is 57.7 Å². The van der Waals surface area contributed by atoms with E-state index in [0.717, 1.165) is 16.5 Å². The Bertz CT molecular complexity index is 914. The molecule has 1 aliphatic rings. The first-order chi connectivity index (χ1) is 13.7. The van der Waals surface area contributed by atoms with Crippen LogP contribution in [0.5, 0.6) is 0 Å². The SMILES string of the molecule is CC(C)(C)OC(=O)N[C@H](Cc1c[nH]c2ccccc12)C(=O)N1CCC[C@@H]1C(=O)O. The maximum Gasteiger partial charge on any atom is 0.408 e. The Morgan fingerprint density at radius 2 is 2.03 bits per heavy atom. The molecule has 2 atom stereocenters. The Hall–Kier alpha value is -3.03. The average Bonchev–Trinajstić information content (AvgIpc) is 3.26. The number of amides is 2. The van der Waals surface area contributed by atoms with E-state index in [0.29, 0.717) is 19.4 Å². The molecule has 2 amide bonds. The van der Waals surface area contributed by atoms with Crippen molar-refractivity contribution in [1.29, 1.82) is 0 Å². The van der Waals surface area contributed by atoms with Gasteiger partial charge in [-0.1, -0.05) is 18.2 Å². The number of likely N-dealkylation sites (tertiary alicyclic amines) is 1. The Morgan fingerprint density at radius 1 is 1.31 bits per heavy atom. The van der Waals surface area contributed by atoms with Gasteiger partial charge >= 0.3 is 12.1 Å². The van der Waals surface area contributed by atoms with Crippen molar-refractivity contribution < 1.29 is 24.2 Å². The number of carboxylic acids is 1. The lowest BCUT2D eigenvalue weighted by molar-refractivity contribution is -0.149. The van der Waals surface area contributed by atoms with Gasteiger partial charge in [0.25, 0.3) is 0 Å². The average molecular weight is 401 g/mol. The van der Waals surface area contributed by atoms with Gasteiger partial charge in [0.2, 0.25) is 5.91 Å². The van der Waals surface area contributed by atoms with E-state index in [4.69, 9.17) is 4.74 Å². The number of para-hydroxylation sites is 1. The van der Waals surface area contributed by atoms with Gasteiger partial charge in [0.1, 0.15) is 17.7 Å². The van der Waals surface area contributed by atoms with Gasteiger partial charge in [-0.15, -0.1) is 0 Å². The molecule has 0 aliphatic carbocycles. The number of hydrogen-bond donors (Lipinski definition) is 3. The van der Waals surface area contributed by atoms with Crippen molar-refractivity contribution in [3.8, 4) is 0 Å². The van der Waals surface area contributed by atoms with E-state index in [2.05, 4.69) is 10.3 Å². The molecule has 2 heterocycles. The molecule has 1 aromatic carbocycles. The van der Waals surface area contributed by atoms with E-state index in [1.807, 2.05) is 24.3 Å². The standard InChI is InChI=1S/C21H27N3O5/c1-21(2,3)29-20(28)23-16(18(25)24-10-6-9-17(24)19(26)27)11-13-12-22-15-8-5-4-7-14(13)15/h4-5,7-8,12,16-17,22H,6,9-11H2,1-3H3,(H,23,28)(H,26,27)/t16-,17-/m1/s1. The minimum absolute atomic E-state index is 0.227. The van der Waals surface area contributed by atoms with Crippen LogP contribution in [0.2, 0.25) is 0 Å². The number of ether oxygens (including phenoxy) is 1. The van der Waals surface area contributed by atoms with Crippen LogP contribution in [0.1, 0.15) is 39.2 Å². The fraction of sp³-hybridized carbons (Fsp3) is 0.476. The molecular weight excluding hydrogens is 374 g/mol. The lowest BCUT2D eigenvalue weighted by Crippen LogP contribution is -2.53. The van der Waals surface area contributed by atoms with Gasteiger partial charge in [-0.25, -0.2) is 9.59 Å². The van der Waals surface area contributed by atoms with Crippen LogP contribution in [0.3, 0.4) is 0 Å². The second kappa shape index (κ2) is 8.14. The van der Waals surface area contributed by atoms with Crippen LogP contribution in [0, 0.1) is 0 Å². The van der Waals surface area contributed by atoms with Crippen molar-refractivity contribution in [2.24, 2.45) is 0 Å². The predicted octanol–water partition coefficient (Wildman–Crippen LogP) is 2.68. The molecule has 29 heavy (non-hydrogen) atoms. The summed E-state index contributed by atoms with van der Waals surface area (Å²) in [5, 5.41) is 13.0. The summed E-state index contributed by atoms with van der Waals surface area (Å²) in [6.45, 7) is 5.58. The number of nitrogens with one attached hydrogen (secondary N) is 2. The first-order valence-electron chi connectivity index (χ1n) is 9.73. The maximum absolute atomic E-state index is 13.2. The second-order valence-corrected chi connectivity index (χ2v) is 8.29. The van der Waals surface area contributed by atoms with Gasteiger partial charge in [-0.05, 0) is 45.2 Å². The normalized spacial score (nSPS) is 17.9. The molecule has 1 aromatic heterocycles. The summed E-state index contributed by atoms with van der Waals surface area (Å²) < 4.78 is 5.32. The minimum Gasteiger partial charge on any atom is -0.480 e. The highest BCUT2D eigenvalue weighted by Gasteiger charge is 2.38. The molecule has 2 aromatic rings. The Labute approximate surface area is 169 Å². The van der Waals surface area contributed by atoms with E-state index in [1.165, 1.54) is 4.90 Å². The zero-order valence-corrected chi connectivity index (χ0v) is 16.9. The highest BCUT2D eigenvalue weighted by Crippen LogP contribution is 2.23. The second-order valence-electron chi connectivity index (χ2n) is 8.29. The van der Waals surface area contributed by atoms with Crippen LogP contribution in [-0.2, 0) is 20.7 Å². The smallest absolute Gasteiger partial charge is 0.408 e. The van der Waals surface area contributed by atoms with Crippen molar-refractivity contribution >= 4 is 28.9 Å². The summed E-state index contributed by atoms with van der Waals surface area (Å²) in [7, 11) is 0. The first-order valence-corrected chi connectivity index (χ1v) is 9.73. The lowest BCUT2D eigenvalue weighted by Gasteiger charge is -2.28. The monoisotopic (exact) mass is 401 g/mol. The highest BCUT2D eigenvalue weighted by atomic mass is 16.6. The molecule has 0 saturated carbocycles. The predicted molar refractivity (Wildman–Crippen MR) is 108 cm³/mol. The van der Waals surface area contributed by atoms with E-state index in [9.17, 15) is 19.5 Å². The fourth-order valence-corrected chi connectivity index (χ4v) is 3.66. The third kappa shape index (κ3) is 4.88. The maximum atomic E-state index is 13.2. The molecule has 3 rings (SSSR count). The van der Waals surface area contributed by atoms with Crippen LogP contribution in [0.25, 0.3) is 10.9 Å². The first kappa shape index (κ1) is 20.7. The topological polar surface area (TPSA) is 112 Å². The number of benzene rings is 1. The van der Waals surface area contributed by atoms with Crippen LogP contribution in [0.4, 0.5) is 4.79 Å². The molecule has 0 spiro atoms. The van der Waals surface area contributed by atoms with Crippen LogP contribution < -0.4 is 5.32 Å². The molecule has 0 bridgehead atoms. The van der Waals surface area contributed by atoms with Gasteiger partial charge in [-0.2, -0.15) is 0 Å². The number of rotatable bonds is 5. The number of carbonyl (C=O) groups is 3. The molecule has 8 heteroatoms. The summed E-state index contributed by atoms with van der Waals surface area (Å²) in [5.41, 5.74) is 1.08. The number of H-pyrrole nitrogens is 1. The number of aromatic nitrogens is 1. The van der Waals surface area contributed by atoms with Gasteiger partial charge in [0.15, 0.2) is 0 Å². The number of carboxylic acid groups (broad SMARTS) is 1. The zero-order valence-electron chi connectivity index (χ0n) is 16.9. The van der Waals surface area contributed by atoms with E-state index in [-0.39, 0.29) is 6.42 Å². The summed E-state index contributed by atoms with van der Waals surface area (Å²) in [5.74, 6) is -1.44. The molecular formula is C21H27N3O5. The molecule has 156 valence electrons. The van der Waals surface area contributed by atoms with Crippen molar-refractivity contribution in [3.05, 3.63) is 36.0 Å². The van der Waals surface area contributed by atoms with Gasteiger partial charge in [0, 0.05) is 30.1 Å². The Balaban J connectivity index is 1.85. The summed E-state index contributed by atoms with van der Waals surface area (Å²) in [6.07, 6.45) is 2.36. The number of hydrogen-bond acceptors (Lipinski definition) is 4. The highest BCUT2D eigenvalue weighted by molar-refractivity contribution is 5.91. The number of aliphatic carboxylic acids is 1. The third-order valence-electron chi connectivity index (χ3n) is 4.91. The lowest BCUT2D eigenvalue weighted by atomic mass is 10.0. The number of aromatic amines is 1. The van der Waals surface area contributed by atoms with Crippen molar-refractivity contribution in [3.63, 3.8) is 0 Å². The van der Waals surface area contributed by atoms with Gasteiger partial charge in [-0.3, -0.25) is 4.79 Å². The largest absolute Gasteiger partial charge is 0.480 e.